The van der Waals surface area contributed by atoms with Crippen molar-refractivity contribution in [3.05, 3.63) is 0 Å². The van der Waals surface area contributed by atoms with Gasteiger partial charge in [-0.05, 0) is 38.8 Å². The van der Waals surface area contributed by atoms with Crippen molar-refractivity contribution in [2.45, 2.75) is 45.4 Å². The maximum absolute atomic E-state index is 12.1. The van der Waals surface area contributed by atoms with E-state index >= 15 is 0 Å². The summed E-state index contributed by atoms with van der Waals surface area (Å²) in [7, 11) is 0. The number of rotatable bonds is 5. The molecule has 84 valence electrons. The molecule has 1 heterocycles. The van der Waals surface area contributed by atoms with Gasteiger partial charge < -0.3 is 5.32 Å². The molecule has 0 bridgehead atoms. The van der Waals surface area contributed by atoms with Crippen molar-refractivity contribution >= 4 is 5.78 Å². The molecule has 15 heavy (non-hydrogen) atoms. The van der Waals surface area contributed by atoms with Crippen molar-refractivity contribution < 1.29 is 4.79 Å². The van der Waals surface area contributed by atoms with Gasteiger partial charge in [0.1, 0.15) is 5.78 Å². The molecule has 0 saturated carbocycles. The van der Waals surface area contributed by atoms with Gasteiger partial charge in [0, 0.05) is 18.3 Å². The second kappa shape index (κ2) is 5.92. The summed E-state index contributed by atoms with van der Waals surface area (Å²) in [4.78, 5) is 12.1. The lowest BCUT2D eigenvalue weighted by Crippen LogP contribution is -2.41. The van der Waals surface area contributed by atoms with Gasteiger partial charge in [0.2, 0.25) is 0 Å². The van der Waals surface area contributed by atoms with Crippen LogP contribution in [0.3, 0.4) is 0 Å². The van der Waals surface area contributed by atoms with Crippen molar-refractivity contribution in [1.29, 1.82) is 0 Å². The van der Waals surface area contributed by atoms with E-state index in [4.69, 9.17) is 6.42 Å². The molecule has 1 fully saturated rings. The van der Waals surface area contributed by atoms with E-state index in [1.807, 2.05) is 0 Å². The molecule has 1 aliphatic rings. The summed E-state index contributed by atoms with van der Waals surface area (Å²) >= 11 is 0. The second-order valence-corrected chi connectivity index (χ2v) is 4.36. The zero-order valence-electron chi connectivity index (χ0n) is 9.64. The number of terminal acetylenes is 1. The highest BCUT2D eigenvalue weighted by Gasteiger charge is 2.36. The van der Waals surface area contributed by atoms with E-state index in [9.17, 15) is 4.79 Å². The van der Waals surface area contributed by atoms with E-state index in [1.54, 1.807) is 0 Å². The van der Waals surface area contributed by atoms with E-state index < -0.39 is 0 Å². The number of ketones is 1. The van der Waals surface area contributed by atoms with E-state index in [0.717, 1.165) is 45.2 Å². The Morgan fingerprint density at radius 2 is 2.13 bits per heavy atom. The smallest absolute Gasteiger partial charge is 0.139 e. The number of hydrogen-bond donors (Lipinski definition) is 1. The highest BCUT2D eigenvalue weighted by Crippen LogP contribution is 2.35. The maximum atomic E-state index is 12.1. The molecule has 0 aromatic rings. The predicted molar refractivity (Wildman–Crippen MR) is 62.5 cm³/mol. The zero-order valence-corrected chi connectivity index (χ0v) is 9.64. The fraction of sp³-hybridized carbons (Fsp3) is 0.769. The summed E-state index contributed by atoms with van der Waals surface area (Å²) in [6, 6.07) is 0. The molecule has 0 unspecified atom stereocenters. The molecule has 1 saturated heterocycles. The van der Waals surface area contributed by atoms with Gasteiger partial charge in [-0.25, -0.2) is 0 Å². The number of piperidine rings is 1. The first-order chi connectivity index (χ1) is 7.25. The minimum Gasteiger partial charge on any atom is -0.317 e. The molecular formula is C13H21NO. The Labute approximate surface area is 92.8 Å². The van der Waals surface area contributed by atoms with Crippen molar-refractivity contribution in [3.63, 3.8) is 0 Å². The summed E-state index contributed by atoms with van der Waals surface area (Å²) in [5.74, 6) is 3.02. The molecule has 0 aromatic carbocycles. The zero-order chi connectivity index (χ0) is 11.1. The van der Waals surface area contributed by atoms with Crippen molar-refractivity contribution in [3.8, 4) is 12.3 Å². The quantitative estimate of drug-likeness (QED) is 0.553. The molecule has 1 rings (SSSR count). The van der Waals surface area contributed by atoms with Crippen LogP contribution in [-0.4, -0.2) is 18.9 Å². The molecule has 0 atom stereocenters. The summed E-state index contributed by atoms with van der Waals surface area (Å²) < 4.78 is 0. The molecule has 2 heteroatoms. The summed E-state index contributed by atoms with van der Waals surface area (Å²) in [6.45, 7) is 4.09. The SMILES string of the molecule is C#CCCCC(=O)C1(CC)CCNCC1. The highest BCUT2D eigenvalue weighted by molar-refractivity contribution is 5.84. The molecule has 2 nitrogen and oxygen atoms in total. The largest absolute Gasteiger partial charge is 0.317 e. The van der Waals surface area contributed by atoms with Crippen molar-refractivity contribution in [2.75, 3.05) is 13.1 Å². The third-order valence-corrected chi connectivity index (χ3v) is 3.55. The fourth-order valence-electron chi connectivity index (χ4n) is 2.35. The van der Waals surface area contributed by atoms with Crippen LogP contribution in [-0.2, 0) is 4.79 Å². The van der Waals surface area contributed by atoms with Gasteiger partial charge in [0.25, 0.3) is 0 Å². The first kappa shape index (κ1) is 12.3. The molecule has 0 radical (unpaired) electrons. The first-order valence-electron chi connectivity index (χ1n) is 5.92. The standard InChI is InChI=1S/C13H21NO/c1-3-5-6-7-12(15)13(4-2)8-10-14-11-9-13/h1,14H,4-11H2,2H3. The second-order valence-electron chi connectivity index (χ2n) is 4.36. The monoisotopic (exact) mass is 207 g/mol. The average molecular weight is 207 g/mol. The highest BCUT2D eigenvalue weighted by atomic mass is 16.1. The fourth-order valence-corrected chi connectivity index (χ4v) is 2.35. The minimum absolute atomic E-state index is 0.0418. The Hall–Kier alpha value is -0.810. The Kier molecular flexibility index (Phi) is 4.84. The molecule has 0 amide bonds. The van der Waals surface area contributed by atoms with Crippen LogP contribution in [0.2, 0.25) is 0 Å². The average Bonchev–Trinajstić information content (AvgIpc) is 2.30. The summed E-state index contributed by atoms with van der Waals surface area (Å²) in [5.41, 5.74) is -0.0418. The van der Waals surface area contributed by atoms with Crippen LogP contribution in [0.15, 0.2) is 0 Å². The van der Waals surface area contributed by atoms with Gasteiger partial charge >= 0.3 is 0 Å². The molecule has 0 aromatic heterocycles. The van der Waals surface area contributed by atoms with Crippen molar-refractivity contribution in [1.82, 2.24) is 5.32 Å². The van der Waals surface area contributed by atoms with Gasteiger partial charge in [-0.15, -0.1) is 12.3 Å². The minimum atomic E-state index is -0.0418. The van der Waals surface area contributed by atoms with Crippen LogP contribution < -0.4 is 5.32 Å². The lowest BCUT2D eigenvalue weighted by atomic mass is 9.72. The van der Waals surface area contributed by atoms with E-state index in [0.29, 0.717) is 12.2 Å². The van der Waals surface area contributed by atoms with Gasteiger partial charge in [-0.1, -0.05) is 6.92 Å². The van der Waals surface area contributed by atoms with E-state index in [-0.39, 0.29) is 5.41 Å². The Morgan fingerprint density at radius 1 is 1.47 bits per heavy atom. The molecular weight excluding hydrogens is 186 g/mol. The molecule has 1 aliphatic heterocycles. The third-order valence-electron chi connectivity index (χ3n) is 3.55. The number of hydrogen-bond acceptors (Lipinski definition) is 2. The van der Waals surface area contributed by atoms with Gasteiger partial charge in [-0.3, -0.25) is 4.79 Å². The number of carbonyl (C=O) groups is 1. The third kappa shape index (κ3) is 3.07. The van der Waals surface area contributed by atoms with Gasteiger partial charge in [0.15, 0.2) is 0 Å². The lowest BCUT2D eigenvalue weighted by Gasteiger charge is -2.35. The maximum Gasteiger partial charge on any atom is 0.139 e. The van der Waals surface area contributed by atoms with Crippen LogP contribution in [0.1, 0.15) is 45.4 Å². The number of nitrogens with one attached hydrogen (secondary N) is 1. The normalized spacial score (nSPS) is 19.5. The summed E-state index contributed by atoms with van der Waals surface area (Å²) in [6.07, 6.45) is 10.4. The molecule has 1 N–H and O–H groups in total. The van der Waals surface area contributed by atoms with Crippen LogP contribution >= 0.6 is 0 Å². The predicted octanol–water partition coefficient (Wildman–Crippen LogP) is 2.14. The van der Waals surface area contributed by atoms with Crippen LogP contribution in [0.25, 0.3) is 0 Å². The number of Topliss-reactive ketones (excluding diaryl/α,β-unsaturated/α-hetero) is 1. The van der Waals surface area contributed by atoms with Crippen LogP contribution in [0.4, 0.5) is 0 Å². The Morgan fingerprint density at radius 3 is 2.67 bits per heavy atom. The van der Waals surface area contributed by atoms with Crippen LogP contribution in [0, 0.1) is 17.8 Å². The van der Waals surface area contributed by atoms with Crippen molar-refractivity contribution in [2.24, 2.45) is 5.41 Å². The summed E-state index contributed by atoms with van der Waals surface area (Å²) in [5, 5.41) is 3.31. The van der Waals surface area contributed by atoms with E-state index in [1.165, 1.54) is 0 Å². The Bertz CT molecular complexity index is 246. The first-order valence-corrected chi connectivity index (χ1v) is 5.92. The topological polar surface area (TPSA) is 29.1 Å². The van der Waals surface area contributed by atoms with Gasteiger partial charge in [0.05, 0.1) is 0 Å². The molecule has 0 spiro atoms. The number of carbonyl (C=O) groups excluding carboxylic acids is 1. The van der Waals surface area contributed by atoms with Gasteiger partial charge in [-0.2, -0.15) is 0 Å². The number of unbranched alkanes of at least 4 members (excludes halogenated alkanes) is 1. The molecule has 0 aliphatic carbocycles. The van der Waals surface area contributed by atoms with E-state index in [2.05, 4.69) is 18.2 Å². The van der Waals surface area contributed by atoms with Crippen LogP contribution in [0.5, 0.6) is 0 Å². The lowest BCUT2D eigenvalue weighted by molar-refractivity contribution is -0.130. The Balaban J connectivity index is 2.49.